The first-order chi connectivity index (χ1) is 15.7. The number of nitrogens with one attached hydrogen (secondary N) is 1. The summed E-state index contributed by atoms with van der Waals surface area (Å²) < 4.78 is 33.4. The number of rotatable bonds is 9. The number of hydrogen-bond donors (Lipinski definition) is 1. The molecule has 0 bridgehead atoms. The normalized spacial score (nSPS) is 11.2. The molecule has 1 amide bonds. The van der Waals surface area contributed by atoms with Crippen LogP contribution in [0.3, 0.4) is 0 Å². The van der Waals surface area contributed by atoms with Crippen LogP contribution in [0.25, 0.3) is 0 Å². The minimum absolute atomic E-state index is 0.101. The zero-order valence-corrected chi connectivity index (χ0v) is 20.4. The number of anilines is 1. The predicted octanol–water partition coefficient (Wildman–Crippen LogP) is 4.87. The number of amides is 1. The van der Waals surface area contributed by atoms with Crippen LogP contribution in [0.2, 0.25) is 5.02 Å². The molecule has 0 atom stereocenters. The number of aryl methyl sites for hydroxylation is 2. The van der Waals surface area contributed by atoms with E-state index in [1.165, 1.54) is 12.1 Å². The molecule has 0 saturated heterocycles. The van der Waals surface area contributed by atoms with Gasteiger partial charge in [0.2, 0.25) is 5.91 Å². The van der Waals surface area contributed by atoms with Crippen LogP contribution >= 0.6 is 11.6 Å². The zero-order valence-electron chi connectivity index (χ0n) is 18.8. The summed E-state index contributed by atoms with van der Waals surface area (Å²) in [5.74, 6) is 0.315. The Balaban J connectivity index is 1.82. The molecule has 0 fully saturated rings. The summed E-state index contributed by atoms with van der Waals surface area (Å²) >= 11 is 6.26. The van der Waals surface area contributed by atoms with Crippen molar-refractivity contribution in [1.29, 1.82) is 0 Å². The molecule has 0 aliphatic carbocycles. The third-order valence-corrected chi connectivity index (χ3v) is 7.26. The van der Waals surface area contributed by atoms with Crippen molar-refractivity contribution in [3.05, 3.63) is 88.4 Å². The van der Waals surface area contributed by atoms with Gasteiger partial charge in [-0.3, -0.25) is 9.10 Å². The van der Waals surface area contributed by atoms with Crippen LogP contribution in [0.5, 0.6) is 5.75 Å². The maximum atomic E-state index is 13.4. The summed E-state index contributed by atoms with van der Waals surface area (Å²) in [6.07, 6.45) is 0. The van der Waals surface area contributed by atoms with Crippen LogP contribution in [0.1, 0.15) is 23.6 Å². The fourth-order valence-electron chi connectivity index (χ4n) is 3.15. The fraction of sp³-hybridized carbons (Fsp3) is 0.240. The third kappa shape index (κ3) is 6.27. The maximum absolute atomic E-state index is 13.4. The van der Waals surface area contributed by atoms with Crippen molar-refractivity contribution in [1.82, 2.24) is 5.32 Å². The van der Waals surface area contributed by atoms with Crippen molar-refractivity contribution in [2.75, 3.05) is 17.5 Å². The van der Waals surface area contributed by atoms with Gasteiger partial charge in [0.25, 0.3) is 10.0 Å². The molecule has 3 rings (SSSR count). The molecule has 0 aliphatic heterocycles. The van der Waals surface area contributed by atoms with Crippen molar-refractivity contribution >= 4 is 33.2 Å². The van der Waals surface area contributed by atoms with Gasteiger partial charge in [-0.2, -0.15) is 0 Å². The number of carbonyl (C=O) groups excluding carboxylic acids is 1. The number of carbonyl (C=O) groups is 1. The standard InChI is InChI=1S/C25H27ClN2O4S/c1-4-32-22-11-8-20(9-12-22)16-27-25(29)17-28(21-10-7-19(3)24(26)15-21)33(30,31)23-13-5-18(2)6-14-23/h5-15H,4,16-17H2,1-3H3,(H,27,29). The first kappa shape index (κ1) is 24.6. The smallest absolute Gasteiger partial charge is 0.264 e. The summed E-state index contributed by atoms with van der Waals surface area (Å²) in [6, 6.07) is 18.8. The number of nitrogens with zero attached hydrogens (tertiary/aromatic N) is 1. The van der Waals surface area contributed by atoms with E-state index in [9.17, 15) is 13.2 Å². The van der Waals surface area contributed by atoms with E-state index in [2.05, 4.69) is 5.32 Å². The Kier molecular flexibility index (Phi) is 8.00. The van der Waals surface area contributed by atoms with Gasteiger partial charge in [-0.05, 0) is 68.3 Å². The highest BCUT2D eigenvalue weighted by molar-refractivity contribution is 7.92. The lowest BCUT2D eigenvalue weighted by Gasteiger charge is -2.24. The van der Waals surface area contributed by atoms with Gasteiger partial charge in [0.05, 0.1) is 17.2 Å². The summed E-state index contributed by atoms with van der Waals surface area (Å²) in [5, 5.41) is 3.21. The molecule has 0 saturated carbocycles. The second-order valence-electron chi connectivity index (χ2n) is 7.61. The molecular formula is C25H27ClN2O4S. The highest BCUT2D eigenvalue weighted by atomic mass is 35.5. The van der Waals surface area contributed by atoms with Gasteiger partial charge in [-0.15, -0.1) is 0 Å². The fourth-order valence-corrected chi connectivity index (χ4v) is 4.73. The molecule has 0 radical (unpaired) electrons. The number of hydrogen-bond acceptors (Lipinski definition) is 4. The van der Waals surface area contributed by atoms with Gasteiger partial charge in [-0.25, -0.2) is 8.42 Å². The summed E-state index contributed by atoms with van der Waals surface area (Å²) in [4.78, 5) is 12.9. The van der Waals surface area contributed by atoms with E-state index < -0.39 is 15.9 Å². The molecular weight excluding hydrogens is 460 g/mol. The van der Waals surface area contributed by atoms with Gasteiger partial charge >= 0.3 is 0 Å². The summed E-state index contributed by atoms with van der Waals surface area (Å²) in [5.41, 5.74) is 2.94. The Labute approximate surface area is 200 Å². The largest absolute Gasteiger partial charge is 0.494 e. The lowest BCUT2D eigenvalue weighted by molar-refractivity contribution is -0.119. The van der Waals surface area contributed by atoms with Gasteiger partial charge in [0, 0.05) is 11.6 Å². The highest BCUT2D eigenvalue weighted by Crippen LogP contribution is 2.28. The average molecular weight is 487 g/mol. The zero-order chi connectivity index (χ0) is 24.0. The molecule has 8 heteroatoms. The van der Waals surface area contributed by atoms with E-state index >= 15 is 0 Å². The second-order valence-corrected chi connectivity index (χ2v) is 9.88. The van der Waals surface area contributed by atoms with Crippen molar-refractivity contribution < 1.29 is 17.9 Å². The number of sulfonamides is 1. The SMILES string of the molecule is CCOc1ccc(CNC(=O)CN(c2ccc(C)c(Cl)c2)S(=O)(=O)c2ccc(C)cc2)cc1. The minimum atomic E-state index is -3.99. The second kappa shape index (κ2) is 10.7. The lowest BCUT2D eigenvalue weighted by atomic mass is 10.2. The molecule has 0 unspecified atom stereocenters. The van der Waals surface area contributed by atoms with Gasteiger partial charge < -0.3 is 10.1 Å². The lowest BCUT2D eigenvalue weighted by Crippen LogP contribution is -2.40. The molecule has 3 aromatic carbocycles. The maximum Gasteiger partial charge on any atom is 0.264 e. The molecule has 0 heterocycles. The first-order valence-electron chi connectivity index (χ1n) is 10.5. The molecule has 33 heavy (non-hydrogen) atoms. The Hall–Kier alpha value is -3.03. The van der Waals surface area contributed by atoms with Crippen LogP contribution in [0.4, 0.5) is 5.69 Å². The van der Waals surface area contributed by atoms with Crippen molar-refractivity contribution in [2.45, 2.75) is 32.2 Å². The van der Waals surface area contributed by atoms with E-state index in [1.807, 2.05) is 45.0 Å². The van der Waals surface area contributed by atoms with Crippen LogP contribution in [-0.4, -0.2) is 27.5 Å². The summed E-state index contributed by atoms with van der Waals surface area (Å²) in [6.45, 7) is 6.07. The van der Waals surface area contributed by atoms with Crippen LogP contribution < -0.4 is 14.4 Å². The highest BCUT2D eigenvalue weighted by Gasteiger charge is 2.27. The van der Waals surface area contributed by atoms with E-state index in [1.54, 1.807) is 30.3 Å². The predicted molar refractivity (Wildman–Crippen MR) is 131 cm³/mol. The number of halogens is 1. The Bertz CT molecular complexity index is 1210. The molecule has 1 N–H and O–H groups in total. The van der Waals surface area contributed by atoms with Gasteiger partial charge in [0.15, 0.2) is 0 Å². The minimum Gasteiger partial charge on any atom is -0.494 e. The number of benzene rings is 3. The molecule has 6 nitrogen and oxygen atoms in total. The van der Waals surface area contributed by atoms with E-state index in [0.717, 1.165) is 26.7 Å². The van der Waals surface area contributed by atoms with Crippen molar-refractivity contribution in [3.63, 3.8) is 0 Å². The molecule has 174 valence electrons. The molecule has 3 aromatic rings. The Morgan fingerprint density at radius 3 is 2.27 bits per heavy atom. The van der Waals surface area contributed by atoms with Gasteiger partial charge in [-0.1, -0.05) is 47.5 Å². The van der Waals surface area contributed by atoms with Gasteiger partial charge in [0.1, 0.15) is 12.3 Å². The third-order valence-electron chi connectivity index (χ3n) is 5.06. The number of ether oxygens (including phenoxy) is 1. The quantitative estimate of drug-likeness (QED) is 0.468. The molecule has 0 spiro atoms. The Morgan fingerprint density at radius 1 is 1.00 bits per heavy atom. The van der Waals surface area contributed by atoms with Crippen LogP contribution in [0, 0.1) is 13.8 Å². The van der Waals surface area contributed by atoms with Crippen molar-refractivity contribution in [2.24, 2.45) is 0 Å². The van der Waals surface area contributed by atoms with E-state index in [0.29, 0.717) is 17.3 Å². The first-order valence-corrected chi connectivity index (χ1v) is 12.4. The Morgan fingerprint density at radius 2 is 1.67 bits per heavy atom. The van der Waals surface area contributed by atoms with Crippen LogP contribution in [0.15, 0.2) is 71.6 Å². The summed E-state index contributed by atoms with van der Waals surface area (Å²) in [7, 11) is -3.99. The monoisotopic (exact) mass is 486 g/mol. The topological polar surface area (TPSA) is 75.7 Å². The van der Waals surface area contributed by atoms with E-state index in [4.69, 9.17) is 16.3 Å². The molecule has 0 aliphatic rings. The molecule has 0 aromatic heterocycles. The van der Waals surface area contributed by atoms with E-state index in [-0.39, 0.29) is 18.0 Å². The average Bonchev–Trinajstić information content (AvgIpc) is 2.79. The van der Waals surface area contributed by atoms with Crippen LogP contribution in [-0.2, 0) is 21.4 Å². The van der Waals surface area contributed by atoms with Crippen molar-refractivity contribution in [3.8, 4) is 5.75 Å².